The minimum atomic E-state index is -1.54. The van der Waals surface area contributed by atoms with Gasteiger partial charge in [0.15, 0.2) is 5.43 Å². The van der Waals surface area contributed by atoms with Gasteiger partial charge in [0.1, 0.15) is 5.82 Å². The molecule has 1 atom stereocenters. The Balaban J connectivity index is 0.00000121. The topological polar surface area (TPSA) is 93.6 Å². The van der Waals surface area contributed by atoms with E-state index >= 15 is 0 Å². The molecule has 0 spiro atoms. The Bertz CT molecular complexity index is 821. The van der Waals surface area contributed by atoms with Crippen LogP contribution >= 0.6 is 15.9 Å². The number of carboxylic acids is 1. The Kier molecular flexibility index (Phi) is 6.20. The maximum atomic E-state index is 13.9. The summed E-state index contributed by atoms with van der Waals surface area (Å²) in [4.78, 5) is 23.2. The summed E-state index contributed by atoms with van der Waals surface area (Å²) < 4.78 is 16.0. The number of carbonyl (C=O) groups excluding carboxylic acids is 1. The number of hydrogen-bond acceptors (Lipinski definition) is 3. The number of carbonyl (C=O) groups is 1. The molecule has 1 aliphatic rings. The molecule has 1 unspecified atom stereocenters. The van der Waals surface area contributed by atoms with Gasteiger partial charge in [-0.2, -0.15) is 0 Å². The fourth-order valence-electron chi connectivity index (χ4n) is 2.76. The van der Waals surface area contributed by atoms with E-state index in [0.717, 1.165) is 12.5 Å². The van der Waals surface area contributed by atoms with Crippen LogP contribution in [0, 0.1) is 5.82 Å². The van der Waals surface area contributed by atoms with Crippen molar-refractivity contribution >= 4 is 70.5 Å². The Morgan fingerprint density at radius 3 is 2.73 bits per heavy atom. The summed E-state index contributed by atoms with van der Waals surface area (Å²) in [5, 5.41) is 11.2. The molecule has 1 aliphatic heterocycles. The SMILES string of the molecule is CC1CCc2c(Br)c(F)cc3c(=O)c(C(=O)[O-])cn1c23.O.[Ca+2]. The van der Waals surface area contributed by atoms with Gasteiger partial charge in [0.05, 0.1) is 21.5 Å². The summed E-state index contributed by atoms with van der Waals surface area (Å²) in [5.74, 6) is -2.09. The second kappa shape index (κ2) is 6.96. The van der Waals surface area contributed by atoms with Crippen LogP contribution < -0.4 is 10.5 Å². The van der Waals surface area contributed by atoms with Gasteiger partial charge in [-0.25, -0.2) is 4.39 Å². The van der Waals surface area contributed by atoms with Crippen LogP contribution in [-0.2, 0) is 6.42 Å². The zero-order valence-corrected chi connectivity index (χ0v) is 15.6. The van der Waals surface area contributed by atoms with E-state index in [1.54, 1.807) is 4.57 Å². The normalized spacial score (nSPS) is 15.9. The van der Waals surface area contributed by atoms with Crippen LogP contribution in [0.3, 0.4) is 0 Å². The van der Waals surface area contributed by atoms with Gasteiger partial charge < -0.3 is 19.9 Å². The van der Waals surface area contributed by atoms with Crippen LogP contribution in [0.25, 0.3) is 10.9 Å². The van der Waals surface area contributed by atoms with Crippen molar-refractivity contribution in [1.82, 2.24) is 4.57 Å². The van der Waals surface area contributed by atoms with Crippen molar-refractivity contribution < 1.29 is 19.8 Å². The number of aromatic carboxylic acids is 1. The third-order valence-electron chi connectivity index (χ3n) is 3.81. The maximum absolute atomic E-state index is 13.9. The fourth-order valence-corrected chi connectivity index (χ4v) is 3.26. The molecule has 8 heteroatoms. The van der Waals surface area contributed by atoms with E-state index in [4.69, 9.17) is 0 Å². The van der Waals surface area contributed by atoms with E-state index in [2.05, 4.69) is 15.9 Å². The number of benzene rings is 1. The van der Waals surface area contributed by atoms with Crippen molar-refractivity contribution in [2.75, 3.05) is 0 Å². The van der Waals surface area contributed by atoms with Crippen molar-refractivity contribution in [2.45, 2.75) is 25.8 Å². The van der Waals surface area contributed by atoms with E-state index < -0.39 is 22.8 Å². The molecule has 2 aromatic rings. The number of aromatic nitrogens is 1. The molecule has 0 amide bonds. The molecule has 5 nitrogen and oxygen atoms in total. The molecule has 0 bridgehead atoms. The maximum Gasteiger partial charge on any atom is 2.00 e. The molecule has 1 aromatic carbocycles. The first-order valence-electron chi connectivity index (χ1n) is 6.19. The average molecular weight is 397 g/mol. The summed E-state index contributed by atoms with van der Waals surface area (Å²) in [7, 11) is 0. The van der Waals surface area contributed by atoms with Crippen molar-refractivity contribution in [3.63, 3.8) is 0 Å². The minimum absolute atomic E-state index is 0. The largest absolute Gasteiger partial charge is 2.00 e. The average Bonchev–Trinajstić information content (AvgIpc) is 2.39. The second-order valence-corrected chi connectivity index (χ2v) is 5.79. The third-order valence-corrected chi connectivity index (χ3v) is 4.67. The van der Waals surface area contributed by atoms with Crippen LogP contribution in [0.15, 0.2) is 21.5 Å². The van der Waals surface area contributed by atoms with Gasteiger partial charge >= 0.3 is 37.7 Å². The zero-order chi connectivity index (χ0) is 14.6. The van der Waals surface area contributed by atoms with E-state index in [1.807, 2.05) is 6.92 Å². The molecule has 3 rings (SSSR count). The number of pyridine rings is 1. The van der Waals surface area contributed by atoms with Crippen LogP contribution in [0.5, 0.6) is 0 Å². The Morgan fingerprint density at radius 1 is 1.50 bits per heavy atom. The van der Waals surface area contributed by atoms with Crippen LogP contribution in [0.4, 0.5) is 4.39 Å². The van der Waals surface area contributed by atoms with Crippen molar-refractivity contribution in [2.24, 2.45) is 0 Å². The van der Waals surface area contributed by atoms with Gasteiger partial charge in [0.2, 0.25) is 0 Å². The molecule has 2 N–H and O–H groups in total. The van der Waals surface area contributed by atoms with Crippen LogP contribution in [0.1, 0.15) is 35.3 Å². The number of rotatable bonds is 1. The molecule has 0 aliphatic carbocycles. The molecule has 0 saturated heterocycles. The molecule has 0 fully saturated rings. The molecular formula is C14H12BrCaFNO4+. The molecule has 1 aromatic heterocycles. The first-order valence-corrected chi connectivity index (χ1v) is 6.98. The van der Waals surface area contributed by atoms with Crippen molar-refractivity contribution in [3.05, 3.63) is 43.9 Å². The first-order chi connectivity index (χ1) is 9.41. The van der Waals surface area contributed by atoms with Gasteiger partial charge in [-0.15, -0.1) is 0 Å². The third kappa shape index (κ3) is 2.85. The number of carboxylic acid groups (broad SMARTS) is 1. The van der Waals surface area contributed by atoms with E-state index in [9.17, 15) is 19.1 Å². The summed E-state index contributed by atoms with van der Waals surface area (Å²) in [5.41, 5.74) is 0.184. The summed E-state index contributed by atoms with van der Waals surface area (Å²) >= 11 is 3.20. The summed E-state index contributed by atoms with van der Waals surface area (Å²) in [6, 6.07) is 1.13. The molecule has 22 heavy (non-hydrogen) atoms. The Hall–Kier alpha value is -0.470. The van der Waals surface area contributed by atoms with Crippen molar-refractivity contribution in [1.29, 1.82) is 0 Å². The first kappa shape index (κ1) is 19.6. The number of nitrogens with zero attached hydrogens (tertiary/aromatic N) is 1. The van der Waals surface area contributed by atoms with Crippen LogP contribution in [-0.4, -0.2) is 53.8 Å². The van der Waals surface area contributed by atoms with Gasteiger partial charge in [-0.3, -0.25) is 4.79 Å². The Morgan fingerprint density at radius 2 is 2.14 bits per heavy atom. The second-order valence-electron chi connectivity index (χ2n) is 5.00. The minimum Gasteiger partial charge on any atom is -0.545 e. The van der Waals surface area contributed by atoms with Gasteiger partial charge in [-0.1, -0.05) is 0 Å². The summed E-state index contributed by atoms with van der Waals surface area (Å²) in [6.45, 7) is 1.93. The van der Waals surface area contributed by atoms with Crippen LogP contribution in [0.2, 0.25) is 0 Å². The molecule has 2 heterocycles. The predicted octanol–water partition coefficient (Wildman–Crippen LogP) is 0.568. The number of hydrogen-bond donors (Lipinski definition) is 0. The summed E-state index contributed by atoms with van der Waals surface area (Å²) in [6.07, 6.45) is 2.69. The zero-order valence-electron chi connectivity index (χ0n) is 11.8. The van der Waals surface area contributed by atoms with Gasteiger partial charge in [-0.05, 0) is 47.3 Å². The smallest absolute Gasteiger partial charge is 0.545 e. The molecule has 0 radical (unpaired) electrons. The van der Waals surface area contributed by atoms with Gasteiger partial charge in [0.25, 0.3) is 0 Å². The Labute approximate surface area is 163 Å². The molecule has 112 valence electrons. The number of aryl methyl sites for hydroxylation is 1. The standard InChI is InChI=1S/C14H11BrFNO3.Ca.H2O/c1-6-2-3-7-11(15)10(16)4-8-12(7)17(6)5-9(13(8)18)14(19)20;;/h4-6H,2-3H2,1H3,(H,19,20);;1H2/q;+2;/p-1. The van der Waals surface area contributed by atoms with E-state index in [0.29, 0.717) is 22.0 Å². The van der Waals surface area contributed by atoms with E-state index in [-0.39, 0.29) is 54.6 Å². The monoisotopic (exact) mass is 396 g/mol. The number of halogens is 2. The molecule has 0 saturated carbocycles. The predicted molar refractivity (Wildman–Crippen MR) is 82.6 cm³/mol. The van der Waals surface area contributed by atoms with Gasteiger partial charge in [0, 0.05) is 17.6 Å². The molecular weight excluding hydrogens is 385 g/mol. The van der Waals surface area contributed by atoms with E-state index in [1.165, 1.54) is 6.20 Å². The fraction of sp³-hybridized carbons (Fsp3) is 0.286. The quantitative estimate of drug-likeness (QED) is 0.659. The van der Waals surface area contributed by atoms with Crippen molar-refractivity contribution in [3.8, 4) is 0 Å².